The fourth-order valence-electron chi connectivity index (χ4n) is 3.58. The van der Waals surface area contributed by atoms with Crippen molar-refractivity contribution in [3.05, 3.63) is 65.2 Å². The Hall–Kier alpha value is -3.48. The number of amides is 4. The molecule has 1 saturated heterocycles. The molecule has 0 aliphatic carbocycles. The smallest absolute Gasteiger partial charge is 0.262 e. The molecule has 2 aromatic carbocycles. The van der Waals surface area contributed by atoms with Gasteiger partial charge < -0.3 is 10.2 Å². The lowest BCUT2D eigenvalue weighted by atomic mass is 10.1. The molecule has 4 rings (SSSR count). The van der Waals surface area contributed by atoms with Gasteiger partial charge in [0.2, 0.25) is 11.8 Å². The maximum Gasteiger partial charge on any atom is 0.262 e. The number of benzene rings is 2. The van der Waals surface area contributed by atoms with Gasteiger partial charge in [-0.25, -0.2) is 0 Å². The first-order valence-electron chi connectivity index (χ1n) is 9.05. The van der Waals surface area contributed by atoms with Gasteiger partial charge in [0.1, 0.15) is 6.54 Å². The average Bonchev–Trinajstić information content (AvgIpc) is 3.15. The predicted molar refractivity (Wildman–Crippen MR) is 102 cm³/mol. The number of nitrogens with one attached hydrogen (secondary N) is 1. The van der Waals surface area contributed by atoms with Crippen LogP contribution in [-0.4, -0.2) is 47.7 Å². The highest BCUT2D eigenvalue weighted by Gasteiger charge is 2.37. The van der Waals surface area contributed by atoms with Crippen LogP contribution in [0.15, 0.2) is 48.5 Å². The number of hydrogen-bond acceptors (Lipinski definition) is 4. The minimum atomic E-state index is -0.473. The Kier molecular flexibility index (Phi) is 4.43. The first-order valence-corrected chi connectivity index (χ1v) is 9.05. The Balaban J connectivity index is 1.39. The summed E-state index contributed by atoms with van der Waals surface area (Å²) in [7, 11) is 0. The zero-order chi connectivity index (χ0) is 19.8. The van der Waals surface area contributed by atoms with E-state index >= 15 is 0 Å². The standard InChI is InChI=1S/C21H19N3O4/c1-13-6-8-15(9-7-13)23-11-14(10-19(23)26)22-18(25)12-24-20(27)16-4-2-3-5-17(16)21(24)28/h2-9,14H,10-12H2,1H3,(H,22,25)/t14-/m1/s1. The lowest BCUT2D eigenvalue weighted by Crippen LogP contribution is -2.44. The fraction of sp³-hybridized carbons (Fsp3) is 0.238. The number of anilines is 1. The van der Waals surface area contributed by atoms with E-state index in [-0.39, 0.29) is 24.9 Å². The second kappa shape index (κ2) is 6.92. The molecule has 0 spiro atoms. The summed E-state index contributed by atoms with van der Waals surface area (Å²) in [5, 5.41) is 2.77. The van der Waals surface area contributed by atoms with Gasteiger partial charge in [0.05, 0.1) is 17.2 Å². The van der Waals surface area contributed by atoms with Crippen LogP contribution >= 0.6 is 0 Å². The maximum absolute atomic E-state index is 12.4. The predicted octanol–water partition coefficient (Wildman–Crippen LogP) is 1.51. The van der Waals surface area contributed by atoms with E-state index in [0.717, 1.165) is 16.2 Å². The molecule has 0 aromatic heterocycles. The second-order valence-corrected chi connectivity index (χ2v) is 7.05. The minimum Gasteiger partial charge on any atom is -0.349 e. The Labute approximate surface area is 161 Å². The van der Waals surface area contributed by atoms with Gasteiger partial charge in [-0.05, 0) is 31.2 Å². The van der Waals surface area contributed by atoms with Gasteiger partial charge in [-0.15, -0.1) is 0 Å². The van der Waals surface area contributed by atoms with Gasteiger partial charge in [0.15, 0.2) is 0 Å². The summed E-state index contributed by atoms with van der Waals surface area (Å²) in [5.41, 5.74) is 2.50. The molecule has 2 aliphatic rings. The molecule has 2 aromatic rings. The molecular weight excluding hydrogens is 358 g/mol. The van der Waals surface area contributed by atoms with E-state index in [0.29, 0.717) is 17.7 Å². The number of carbonyl (C=O) groups is 4. The highest BCUT2D eigenvalue weighted by Crippen LogP contribution is 2.23. The number of hydrogen-bond donors (Lipinski definition) is 1. The Morgan fingerprint density at radius 2 is 1.61 bits per heavy atom. The zero-order valence-electron chi connectivity index (χ0n) is 15.3. The monoisotopic (exact) mass is 377 g/mol. The summed E-state index contributed by atoms with van der Waals surface area (Å²) in [6.07, 6.45) is 0.182. The lowest BCUT2D eigenvalue weighted by Gasteiger charge is -2.18. The lowest BCUT2D eigenvalue weighted by molar-refractivity contribution is -0.122. The van der Waals surface area contributed by atoms with E-state index < -0.39 is 17.7 Å². The van der Waals surface area contributed by atoms with Crippen molar-refractivity contribution in [2.45, 2.75) is 19.4 Å². The summed E-state index contributed by atoms with van der Waals surface area (Å²) in [6.45, 7) is 1.97. The van der Waals surface area contributed by atoms with Crippen LogP contribution in [0, 0.1) is 6.92 Å². The van der Waals surface area contributed by atoms with Gasteiger partial charge in [-0.3, -0.25) is 24.1 Å². The number of aryl methyl sites for hydroxylation is 1. The molecular formula is C21H19N3O4. The molecule has 1 atom stereocenters. The maximum atomic E-state index is 12.4. The molecule has 1 N–H and O–H groups in total. The van der Waals surface area contributed by atoms with Crippen molar-refractivity contribution in [2.24, 2.45) is 0 Å². The van der Waals surface area contributed by atoms with Gasteiger partial charge >= 0.3 is 0 Å². The van der Waals surface area contributed by atoms with Crippen LogP contribution in [0.4, 0.5) is 5.69 Å². The molecule has 0 bridgehead atoms. The third-order valence-electron chi connectivity index (χ3n) is 5.02. The number of rotatable bonds is 4. The van der Waals surface area contributed by atoms with E-state index in [1.807, 2.05) is 31.2 Å². The first kappa shape index (κ1) is 17.9. The summed E-state index contributed by atoms with van der Waals surface area (Å²) in [6, 6.07) is 13.7. The van der Waals surface area contributed by atoms with Crippen LogP contribution in [0.5, 0.6) is 0 Å². The molecule has 0 saturated carbocycles. The number of imide groups is 1. The van der Waals surface area contributed by atoms with Gasteiger partial charge in [-0.1, -0.05) is 29.8 Å². The van der Waals surface area contributed by atoms with Crippen LogP contribution in [0.3, 0.4) is 0 Å². The van der Waals surface area contributed by atoms with E-state index in [1.54, 1.807) is 29.2 Å². The summed E-state index contributed by atoms with van der Waals surface area (Å²) in [4.78, 5) is 52.0. The van der Waals surface area contributed by atoms with E-state index in [4.69, 9.17) is 0 Å². The molecule has 142 valence electrons. The van der Waals surface area contributed by atoms with Crippen molar-refractivity contribution in [3.8, 4) is 0 Å². The van der Waals surface area contributed by atoms with E-state index in [2.05, 4.69) is 5.32 Å². The minimum absolute atomic E-state index is 0.0742. The van der Waals surface area contributed by atoms with Gasteiger partial charge in [0, 0.05) is 18.7 Å². The first-order chi connectivity index (χ1) is 13.4. The van der Waals surface area contributed by atoms with Crippen molar-refractivity contribution in [3.63, 3.8) is 0 Å². The molecule has 28 heavy (non-hydrogen) atoms. The molecule has 1 fully saturated rings. The SMILES string of the molecule is Cc1ccc(N2C[C@H](NC(=O)CN3C(=O)c4ccccc4C3=O)CC2=O)cc1. The second-order valence-electron chi connectivity index (χ2n) is 7.05. The Morgan fingerprint density at radius 1 is 1.00 bits per heavy atom. The molecule has 2 aliphatic heterocycles. The Morgan fingerprint density at radius 3 is 2.21 bits per heavy atom. The normalized spacial score (nSPS) is 18.6. The Bertz CT molecular complexity index is 948. The highest BCUT2D eigenvalue weighted by molar-refractivity contribution is 6.22. The van der Waals surface area contributed by atoms with Crippen LogP contribution in [-0.2, 0) is 9.59 Å². The molecule has 4 amide bonds. The largest absolute Gasteiger partial charge is 0.349 e. The van der Waals surface area contributed by atoms with Crippen molar-refractivity contribution in [1.82, 2.24) is 10.2 Å². The summed E-state index contributed by atoms with van der Waals surface area (Å²) < 4.78 is 0. The molecule has 2 heterocycles. The highest BCUT2D eigenvalue weighted by atomic mass is 16.2. The van der Waals surface area contributed by atoms with Crippen LogP contribution < -0.4 is 10.2 Å². The number of fused-ring (bicyclic) bond motifs is 1. The summed E-state index contributed by atoms with van der Waals surface area (Å²) in [5.74, 6) is -1.48. The van der Waals surface area contributed by atoms with Crippen molar-refractivity contribution >= 4 is 29.3 Å². The van der Waals surface area contributed by atoms with Crippen molar-refractivity contribution in [2.75, 3.05) is 18.0 Å². The van der Waals surface area contributed by atoms with Crippen molar-refractivity contribution in [1.29, 1.82) is 0 Å². The van der Waals surface area contributed by atoms with E-state index in [1.165, 1.54) is 0 Å². The van der Waals surface area contributed by atoms with E-state index in [9.17, 15) is 19.2 Å². The van der Waals surface area contributed by atoms with Crippen molar-refractivity contribution < 1.29 is 19.2 Å². The van der Waals surface area contributed by atoms with Crippen LogP contribution in [0.1, 0.15) is 32.7 Å². The zero-order valence-corrected chi connectivity index (χ0v) is 15.3. The van der Waals surface area contributed by atoms with Gasteiger partial charge in [0.25, 0.3) is 11.8 Å². The summed E-state index contributed by atoms with van der Waals surface area (Å²) >= 11 is 0. The number of nitrogens with zero attached hydrogens (tertiary/aromatic N) is 2. The van der Waals surface area contributed by atoms with Crippen LogP contribution in [0.25, 0.3) is 0 Å². The third-order valence-corrected chi connectivity index (χ3v) is 5.02. The quantitative estimate of drug-likeness (QED) is 0.819. The molecule has 7 nitrogen and oxygen atoms in total. The topological polar surface area (TPSA) is 86.8 Å². The van der Waals surface area contributed by atoms with Crippen LogP contribution in [0.2, 0.25) is 0 Å². The average molecular weight is 377 g/mol. The fourth-order valence-corrected chi connectivity index (χ4v) is 3.58. The third kappa shape index (κ3) is 3.15. The molecule has 0 unspecified atom stereocenters. The molecule has 7 heteroatoms. The number of carbonyl (C=O) groups excluding carboxylic acids is 4. The molecule has 0 radical (unpaired) electrons. The van der Waals surface area contributed by atoms with Gasteiger partial charge in [-0.2, -0.15) is 0 Å².